The molecule has 0 aliphatic rings. The Hall–Kier alpha value is -1.84. The number of nitrogens with one attached hydrogen (secondary N) is 2. The summed E-state index contributed by atoms with van der Waals surface area (Å²) in [6.45, 7) is 10.1. The number of rotatable bonds is 4. The minimum absolute atomic E-state index is 0.215. The second-order valence-electron chi connectivity index (χ2n) is 3.65. The molecule has 1 amide bonds. The molecule has 2 N–H and O–H groups in total. The van der Waals surface area contributed by atoms with E-state index in [2.05, 4.69) is 22.2 Å². The quantitative estimate of drug-likeness (QED) is 0.815. The van der Waals surface area contributed by atoms with Crippen LogP contribution in [0.1, 0.15) is 29.9 Å². The minimum atomic E-state index is -0.215. The van der Waals surface area contributed by atoms with E-state index in [0.717, 1.165) is 17.8 Å². The predicted octanol–water partition coefficient (Wildman–Crippen LogP) is 2.09. The van der Waals surface area contributed by atoms with Crippen LogP contribution in [0.25, 0.3) is 0 Å². The summed E-state index contributed by atoms with van der Waals surface area (Å²) in [6.07, 6.45) is 1.66. The third kappa shape index (κ3) is 3.08. The minimum Gasteiger partial charge on any atom is -0.384 e. The van der Waals surface area contributed by atoms with Gasteiger partial charge in [0.15, 0.2) is 0 Å². The number of anilines is 1. The number of aromatic nitrogens is 1. The van der Waals surface area contributed by atoms with E-state index in [1.165, 1.54) is 0 Å². The molecule has 0 radical (unpaired) electrons. The lowest BCUT2D eigenvalue weighted by Crippen LogP contribution is -2.23. The Kier molecular flexibility index (Phi) is 4.05. The van der Waals surface area contributed by atoms with Gasteiger partial charge in [-0.3, -0.25) is 4.79 Å². The second-order valence-corrected chi connectivity index (χ2v) is 3.65. The van der Waals surface area contributed by atoms with Crippen LogP contribution in [0.15, 0.2) is 24.5 Å². The zero-order valence-corrected chi connectivity index (χ0v) is 9.92. The molecule has 1 rings (SSSR count). The first-order valence-corrected chi connectivity index (χ1v) is 5.22. The standard InChI is InChI=1S/C12H17N3O/c1-5-13-10-6-9(4)11(14-7-10)12(16)15-8(2)3/h6-7,13H,2,5H2,1,3-4H3,(H,15,16). The van der Waals surface area contributed by atoms with Gasteiger partial charge in [0.1, 0.15) is 5.69 Å². The van der Waals surface area contributed by atoms with Crippen LogP contribution in [0, 0.1) is 6.92 Å². The highest BCUT2D eigenvalue weighted by Crippen LogP contribution is 2.12. The van der Waals surface area contributed by atoms with E-state index in [4.69, 9.17) is 0 Å². The Morgan fingerprint density at radius 3 is 2.75 bits per heavy atom. The largest absolute Gasteiger partial charge is 0.384 e. The van der Waals surface area contributed by atoms with E-state index >= 15 is 0 Å². The fourth-order valence-corrected chi connectivity index (χ4v) is 1.37. The van der Waals surface area contributed by atoms with Crippen molar-refractivity contribution in [3.05, 3.63) is 35.8 Å². The van der Waals surface area contributed by atoms with Crippen LogP contribution in [-0.4, -0.2) is 17.4 Å². The summed E-state index contributed by atoms with van der Waals surface area (Å²) in [5.41, 5.74) is 2.82. The smallest absolute Gasteiger partial charge is 0.274 e. The number of carbonyl (C=O) groups excluding carboxylic acids is 1. The van der Waals surface area contributed by atoms with Crippen LogP contribution in [-0.2, 0) is 0 Å². The van der Waals surface area contributed by atoms with E-state index in [9.17, 15) is 4.79 Å². The van der Waals surface area contributed by atoms with Crippen LogP contribution in [0.4, 0.5) is 5.69 Å². The molecule has 0 saturated carbocycles. The molecule has 1 aromatic rings. The molecular formula is C12H17N3O. The SMILES string of the molecule is C=C(C)NC(=O)c1ncc(NCC)cc1C. The Bertz CT molecular complexity index is 413. The maximum atomic E-state index is 11.7. The van der Waals surface area contributed by atoms with Crippen molar-refractivity contribution in [3.8, 4) is 0 Å². The van der Waals surface area contributed by atoms with Gasteiger partial charge < -0.3 is 10.6 Å². The molecule has 4 heteroatoms. The van der Waals surface area contributed by atoms with Gasteiger partial charge in [-0.1, -0.05) is 6.58 Å². The maximum absolute atomic E-state index is 11.7. The Labute approximate surface area is 95.8 Å². The molecule has 1 aromatic heterocycles. The van der Waals surface area contributed by atoms with Crippen molar-refractivity contribution in [2.75, 3.05) is 11.9 Å². The Balaban J connectivity index is 2.90. The van der Waals surface area contributed by atoms with Crippen molar-refractivity contribution < 1.29 is 4.79 Å². The predicted molar refractivity (Wildman–Crippen MR) is 65.4 cm³/mol. The van der Waals surface area contributed by atoms with Gasteiger partial charge in [0, 0.05) is 12.2 Å². The summed E-state index contributed by atoms with van der Waals surface area (Å²) in [4.78, 5) is 15.8. The summed E-state index contributed by atoms with van der Waals surface area (Å²) in [6, 6.07) is 1.91. The van der Waals surface area contributed by atoms with E-state index in [1.807, 2.05) is 19.9 Å². The lowest BCUT2D eigenvalue weighted by atomic mass is 10.2. The van der Waals surface area contributed by atoms with Crippen molar-refractivity contribution in [2.24, 2.45) is 0 Å². The molecular weight excluding hydrogens is 202 g/mol. The van der Waals surface area contributed by atoms with Crippen LogP contribution in [0.3, 0.4) is 0 Å². The number of hydrogen-bond acceptors (Lipinski definition) is 3. The van der Waals surface area contributed by atoms with Gasteiger partial charge in [-0.2, -0.15) is 0 Å². The zero-order valence-electron chi connectivity index (χ0n) is 9.92. The first-order chi connectivity index (χ1) is 7.54. The zero-order chi connectivity index (χ0) is 12.1. The third-order valence-electron chi connectivity index (χ3n) is 2.00. The van der Waals surface area contributed by atoms with E-state index in [-0.39, 0.29) is 5.91 Å². The fourth-order valence-electron chi connectivity index (χ4n) is 1.37. The normalized spacial score (nSPS) is 9.69. The van der Waals surface area contributed by atoms with Crippen molar-refractivity contribution in [1.82, 2.24) is 10.3 Å². The van der Waals surface area contributed by atoms with Crippen LogP contribution >= 0.6 is 0 Å². The summed E-state index contributed by atoms with van der Waals surface area (Å²) in [5.74, 6) is -0.215. The van der Waals surface area contributed by atoms with Gasteiger partial charge in [-0.25, -0.2) is 4.98 Å². The van der Waals surface area contributed by atoms with E-state index < -0.39 is 0 Å². The first kappa shape index (κ1) is 12.2. The van der Waals surface area contributed by atoms with Gasteiger partial charge >= 0.3 is 0 Å². The van der Waals surface area contributed by atoms with Crippen molar-refractivity contribution in [3.63, 3.8) is 0 Å². The average Bonchev–Trinajstić information content (AvgIpc) is 2.16. The Morgan fingerprint density at radius 1 is 1.56 bits per heavy atom. The number of allylic oxidation sites excluding steroid dienone is 1. The molecule has 1 heterocycles. The number of carbonyl (C=O) groups is 1. The lowest BCUT2D eigenvalue weighted by Gasteiger charge is -2.08. The maximum Gasteiger partial charge on any atom is 0.274 e. The summed E-state index contributed by atoms with van der Waals surface area (Å²) in [7, 11) is 0. The van der Waals surface area contributed by atoms with Crippen LogP contribution < -0.4 is 10.6 Å². The highest BCUT2D eigenvalue weighted by Gasteiger charge is 2.10. The molecule has 86 valence electrons. The summed E-state index contributed by atoms with van der Waals surface area (Å²) < 4.78 is 0. The number of amides is 1. The molecule has 0 saturated heterocycles. The fraction of sp³-hybridized carbons (Fsp3) is 0.333. The molecule has 0 unspecified atom stereocenters. The number of hydrogen-bond donors (Lipinski definition) is 2. The van der Waals surface area contributed by atoms with Gasteiger partial charge in [0.2, 0.25) is 0 Å². The van der Waals surface area contributed by atoms with E-state index in [0.29, 0.717) is 11.4 Å². The second kappa shape index (κ2) is 5.30. The van der Waals surface area contributed by atoms with Gasteiger partial charge in [-0.15, -0.1) is 0 Å². The third-order valence-corrected chi connectivity index (χ3v) is 2.00. The van der Waals surface area contributed by atoms with Gasteiger partial charge in [0.25, 0.3) is 5.91 Å². The van der Waals surface area contributed by atoms with Gasteiger partial charge in [-0.05, 0) is 32.4 Å². The molecule has 0 aliphatic carbocycles. The highest BCUT2D eigenvalue weighted by atomic mass is 16.1. The molecule has 4 nitrogen and oxygen atoms in total. The average molecular weight is 219 g/mol. The van der Waals surface area contributed by atoms with Crippen molar-refractivity contribution in [2.45, 2.75) is 20.8 Å². The highest BCUT2D eigenvalue weighted by molar-refractivity contribution is 5.94. The molecule has 0 aliphatic heterocycles. The first-order valence-electron chi connectivity index (χ1n) is 5.22. The molecule has 0 bridgehead atoms. The molecule has 0 fully saturated rings. The van der Waals surface area contributed by atoms with Crippen LogP contribution in [0.2, 0.25) is 0 Å². The Morgan fingerprint density at radius 2 is 2.25 bits per heavy atom. The molecule has 0 spiro atoms. The molecule has 16 heavy (non-hydrogen) atoms. The lowest BCUT2D eigenvalue weighted by molar-refractivity contribution is 0.0960. The van der Waals surface area contributed by atoms with E-state index in [1.54, 1.807) is 13.1 Å². The summed E-state index contributed by atoms with van der Waals surface area (Å²) >= 11 is 0. The summed E-state index contributed by atoms with van der Waals surface area (Å²) in [5, 5.41) is 5.78. The topological polar surface area (TPSA) is 54.0 Å². The number of nitrogens with zero attached hydrogens (tertiary/aromatic N) is 1. The number of aryl methyl sites for hydroxylation is 1. The molecule has 0 atom stereocenters. The van der Waals surface area contributed by atoms with Crippen LogP contribution in [0.5, 0.6) is 0 Å². The monoisotopic (exact) mass is 219 g/mol. The van der Waals surface area contributed by atoms with Gasteiger partial charge in [0.05, 0.1) is 11.9 Å². The van der Waals surface area contributed by atoms with Crippen molar-refractivity contribution in [1.29, 1.82) is 0 Å². The van der Waals surface area contributed by atoms with Crippen molar-refractivity contribution >= 4 is 11.6 Å². The number of pyridine rings is 1. The molecule has 0 aromatic carbocycles.